The molecule has 0 saturated heterocycles. The third-order valence-electron chi connectivity index (χ3n) is 4.47. The Labute approximate surface area is 162 Å². The minimum Gasteiger partial charge on any atom is -0.491 e. The van der Waals surface area contributed by atoms with Crippen LogP contribution >= 0.6 is 0 Å². The second-order valence-electron chi connectivity index (χ2n) is 6.95. The van der Waals surface area contributed by atoms with Gasteiger partial charge in [-0.25, -0.2) is 14.1 Å². The van der Waals surface area contributed by atoms with E-state index >= 15 is 0 Å². The van der Waals surface area contributed by atoms with Gasteiger partial charge >= 0.3 is 0 Å². The normalized spacial score (nSPS) is 14.5. The van der Waals surface area contributed by atoms with Crippen LogP contribution in [0.15, 0.2) is 54.6 Å². The standard InChI is InChI=1S/C21H21FN4O2/c1-14(13-28-18-11-9-16(22)10-12-18)23-21(27)19-24-20(15-7-8-15)26(25-19)17-5-3-2-4-6-17/h2-6,9-12,14-15H,7-8,13H2,1H3,(H,23,27). The molecule has 1 aliphatic carbocycles. The van der Waals surface area contributed by atoms with Crippen LogP contribution in [0.1, 0.15) is 42.1 Å². The molecule has 0 radical (unpaired) electrons. The topological polar surface area (TPSA) is 69.0 Å². The number of nitrogens with zero attached hydrogens (tertiary/aromatic N) is 3. The van der Waals surface area contributed by atoms with E-state index in [2.05, 4.69) is 15.4 Å². The number of aromatic nitrogens is 3. The summed E-state index contributed by atoms with van der Waals surface area (Å²) in [5, 5.41) is 7.29. The van der Waals surface area contributed by atoms with E-state index in [-0.39, 0.29) is 30.2 Å². The van der Waals surface area contributed by atoms with Crippen molar-refractivity contribution < 1.29 is 13.9 Å². The van der Waals surface area contributed by atoms with Crippen LogP contribution in [-0.2, 0) is 0 Å². The number of amides is 1. The smallest absolute Gasteiger partial charge is 0.291 e. The number of halogens is 1. The molecule has 2 aromatic carbocycles. The minimum atomic E-state index is -0.341. The van der Waals surface area contributed by atoms with Gasteiger partial charge < -0.3 is 10.1 Å². The third-order valence-corrected chi connectivity index (χ3v) is 4.47. The molecule has 1 aromatic heterocycles. The van der Waals surface area contributed by atoms with E-state index in [9.17, 15) is 9.18 Å². The Morgan fingerprint density at radius 2 is 1.93 bits per heavy atom. The molecule has 1 fully saturated rings. The zero-order valence-corrected chi connectivity index (χ0v) is 15.5. The molecular weight excluding hydrogens is 359 g/mol. The zero-order valence-electron chi connectivity index (χ0n) is 15.5. The number of hydrogen-bond donors (Lipinski definition) is 1. The molecule has 3 aromatic rings. The molecule has 1 aliphatic rings. The summed E-state index contributed by atoms with van der Waals surface area (Å²) in [6.07, 6.45) is 2.13. The number of carbonyl (C=O) groups excluding carboxylic acids is 1. The van der Waals surface area contributed by atoms with Crippen molar-refractivity contribution >= 4 is 5.91 Å². The van der Waals surface area contributed by atoms with E-state index in [0.29, 0.717) is 11.7 Å². The highest BCUT2D eigenvalue weighted by atomic mass is 19.1. The van der Waals surface area contributed by atoms with Gasteiger partial charge in [0.05, 0.1) is 11.7 Å². The molecule has 6 nitrogen and oxygen atoms in total. The fourth-order valence-electron chi connectivity index (χ4n) is 2.87. The van der Waals surface area contributed by atoms with Crippen LogP contribution in [0.3, 0.4) is 0 Å². The molecule has 7 heteroatoms. The largest absolute Gasteiger partial charge is 0.491 e. The van der Waals surface area contributed by atoms with Crippen molar-refractivity contribution in [2.75, 3.05) is 6.61 Å². The van der Waals surface area contributed by atoms with E-state index in [1.165, 1.54) is 12.1 Å². The summed E-state index contributed by atoms with van der Waals surface area (Å²) >= 11 is 0. The van der Waals surface area contributed by atoms with Crippen LogP contribution in [0.5, 0.6) is 5.75 Å². The predicted octanol–water partition coefficient (Wildman–Crippen LogP) is 3.48. The number of hydrogen-bond acceptors (Lipinski definition) is 4. The van der Waals surface area contributed by atoms with E-state index in [4.69, 9.17) is 4.74 Å². The Morgan fingerprint density at radius 1 is 1.21 bits per heavy atom. The molecule has 0 spiro atoms. The average molecular weight is 380 g/mol. The second-order valence-corrected chi connectivity index (χ2v) is 6.95. The molecule has 1 unspecified atom stereocenters. The van der Waals surface area contributed by atoms with Crippen molar-refractivity contribution in [1.29, 1.82) is 0 Å². The maximum atomic E-state index is 12.9. The number of ether oxygens (including phenoxy) is 1. The Bertz CT molecular complexity index is 952. The summed E-state index contributed by atoms with van der Waals surface area (Å²) in [4.78, 5) is 17.1. The number of benzene rings is 2. The molecular formula is C21H21FN4O2. The van der Waals surface area contributed by atoms with E-state index in [1.807, 2.05) is 37.3 Å². The van der Waals surface area contributed by atoms with Gasteiger partial charge in [0.25, 0.3) is 5.91 Å². The lowest BCUT2D eigenvalue weighted by atomic mass is 10.3. The lowest BCUT2D eigenvalue weighted by molar-refractivity contribution is 0.0916. The lowest BCUT2D eigenvalue weighted by Gasteiger charge is -2.14. The number of nitrogens with one attached hydrogen (secondary N) is 1. The summed E-state index contributed by atoms with van der Waals surface area (Å²) in [5.41, 5.74) is 0.892. The maximum absolute atomic E-state index is 12.9. The quantitative estimate of drug-likeness (QED) is 0.681. The van der Waals surface area contributed by atoms with Crippen LogP contribution in [0.2, 0.25) is 0 Å². The lowest BCUT2D eigenvalue weighted by Crippen LogP contribution is -2.37. The van der Waals surface area contributed by atoms with Crippen molar-refractivity contribution in [3.8, 4) is 11.4 Å². The fourth-order valence-corrected chi connectivity index (χ4v) is 2.87. The highest BCUT2D eigenvalue weighted by Crippen LogP contribution is 2.39. The van der Waals surface area contributed by atoms with Gasteiger partial charge in [-0.2, -0.15) is 0 Å². The van der Waals surface area contributed by atoms with Crippen molar-refractivity contribution in [2.24, 2.45) is 0 Å². The van der Waals surface area contributed by atoms with Gasteiger partial charge in [0.15, 0.2) is 0 Å². The molecule has 1 heterocycles. The third kappa shape index (κ3) is 4.19. The molecule has 0 bridgehead atoms. The van der Waals surface area contributed by atoms with Crippen molar-refractivity contribution in [3.63, 3.8) is 0 Å². The molecule has 144 valence electrons. The van der Waals surface area contributed by atoms with Crippen LogP contribution < -0.4 is 10.1 Å². The molecule has 1 atom stereocenters. The SMILES string of the molecule is CC(COc1ccc(F)cc1)NC(=O)c1nc(C2CC2)n(-c2ccccc2)n1. The average Bonchev–Trinajstić information content (AvgIpc) is 3.46. The number of para-hydroxylation sites is 1. The first-order chi connectivity index (χ1) is 13.6. The van der Waals surface area contributed by atoms with Crippen molar-refractivity contribution in [3.05, 3.63) is 72.1 Å². The van der Waals surface area contributed by atoms with Gasteiger partial charge in [0.1, 0.15) is 24.0 Å². The van der Waals surface area contributed by atoms with Gasteiger partial charge in [-0.1, -0.05) is 18.2 Å². The zero-order chi connectivity index (χ0) is 19.5. The first-order valence-corrected chi connectivity index (χ1v) is 9.32. The monoisotopic (exact) mass is 380 g/mol. The second kappa shape index (κ2) is 7.80. The van der Waals surface area contributed by atoms with Crippen LogP contribution in [-0.4, -0.2) is 33.3 Å². The highest BCUT2D eigenvalue weighted by Gasteiger charge is 2.31. The predicted molar refractivity (Wildman–Crippen MR) is 102 cm³/mol. The molecule has 4 rings (SSSR count). The minimum absolute atomic E-state index is 0.152. The Hall–Kier alpha value is -3.22. The fraction of sp³-hybridized carbons (Fsp3) is 0.286. The van der Waals surface area contributed by atoms with Gasteiger partial charge in [0.2, 0.25) is 5.82 Å². The van der Waals surface area contributed by atoms with E-state index in [1.54, 1.807) is 16.8 Å². The summed E-state index contributed by atoms with van der Waals surface area (Å²) < 4.78 is 20.3. The first kappa shape index (κ1) is 18.2. The Morgan fingerprint density at radius 3 is 2.61 bits per heavy atom. The van der Waals surface area contributed by atoms with Crippen molar-refractivity contribution in [1.82, 2.24) is 20.1 Å². The number of carbonyl (C=O) groups is 1. The summed E-state index contributed by atoms with van der Waals surface area (Å²) in [7, 11) is 0. The van der Waals surface area contributed by atoms with Crippen LogP contribution in [0.4, 0.5) is 4.39 Å². The van der Waals surface area contributed by atoms with Gasteiger partial charge in [0, 0.05) is 5.92 Å². The number of rotatable bonds is 7. The summed E-state index contributed by atoms with van der Waals surface area (Å²) in [6.45, 7) is 2.09. The molecule has 28 heavy (non-hydrogen) atoms. The van der Waals surface area contributed by atoms with Gasteiger partial charge in [-0.3, -0.25) is 4.79 Å². The first-order valence-electron chi connectivity index (χ1n) is 9.32. The van der Waals surface area contributed by atoms with Crippen molar-refractivity contribution in [2.45, 2.75) is 31.7 Å². The summed E-state index contributed by atoms with van der Waals surface area (Å²) in [6, 6.07) is 15.2. The van der Waals surface area contributed by atoms with Crippen LogP contribution in [0.25, 0.3) is 5.69 Å². The summed E-state index contributed by atoms with van der Waals surface area (Å²) in [5.74, 6) is 1.22. The van der Waals surface area contributed by atoms with E-state index in [0.717, 1.165) is 24.4 Å². The molecule has 1 amide bonds. The molecule has 0 aliphatic heterocycles. The Balaban J connectivity index is 1.42. The Kier molecular flexibility index (Phi) is 5.06. The van der Waals surface area contributed by atoms with Gasteiger partial charge in [-0.05, 0) is 56.2 Å². The van der Waals surface area contributed by atoms with Crippen LogP contribution in [0, 0.1) is 5.82 Å². The molecule has 1 N–H and O–H groups in total. The van der Waals surface area contributed by atoms with E-state index < -0.39 is 0 Å². The maximum Gasteiger partial charge on any atom is 0.291 e. The molecule has 1 saturated carbocycles. The van der Waals surface area contributed by atoms with Gasteiger partial charge in [-0.15, -0.1) is 5.10 Å². The highest BCUT2D eigenvalue weighted by molar-refractivity contribution is 5.90.